The molecule has 26 heavy (non-hydrogen) atoms. The van der Waals surface area contributed by atoms with E-state index in [1.165, 1.54) is 0 Å². The molecule has 0 saturated carbocycles. The van der Waals surface area contributed by atoms with Crippen LogP contribution in [0.1, 0.15) is 37.8 Å². The van der Waals surface area contributed by atoms with Crippen molar-refractivity contribution in [2.45, 2.75) is 51.7 Å². The van der Waals surface area contributed by atoms with Crippen LogP contribution in [0.25, 0.3) is 16.7 Å². The van der Waals surface area contributed by atoms with E-state index in [0.29, 0.717) is 17.6 Å². The lowest BCUT2D eigenvalue weighted by Crippen LogP contribution is -2.35. The van der Waals surface area contributed by atoms with Gasteiger partial charge in [-0.1, -0.05) is 12.1 Å². The van der Waals surface area contributed by atoms with Crippen molar-refractivity contribution < 1.29 is 0 Å². The van der Waals surface area contributed by atoms with E-state index < -0.39 is 0 Å². The van der Waals surface area contributed by atoms with Gasteiger partial charge in [-0.25, -0.2) is 4.98 Å². The highest BCUT2D eigenvalue weighted by Gasteiger charge is 2.23. The van der Waals surface area contributed by atoms with Crippen LogP contribution in [0, 0.1) is 18.3 Å². The van der Waals surface area contributed by atoms with Crippen molar-refractivity contribution in [3.63, 3.8) is 0 Å². The van der Waals surface area contributed by atoms with E-state index in [-0.39, 0.29) is 6.04 Å². The molecule has 3 aromatic rings. The summed E-state index contributed by atoms with van der Waals surface area (Å²) in [7, 11) is 0. The summed E-state index contributed by atoms with van der Waals surface area (Å²) < 4.78 is 2.07. The van der Waals surface area contributed by atoms with Crippen LogP contribution in [0.5, 0.6) is 0 Å². The summed E-state index contributed by atoms with van der Waals surface area (Å²) in [5, 5.41) is 13.2. The molecule has 3 unspecified atom stereocenters. The maximum Gasteiger partial charge on any atom is 0.157 e. The van der Waals surface area contributed by atoms with Crippen LogP contribution in [0.2, 0.25) is 0 Å². The number of hydrogen-bond acceptors (Lipinski definition) is 5. The van der Waals surface area contributed by atoms with Crippen molar-refractivity contribution in [1.29, 1.82) is 5.26 Å². The smallest absolute Gasteiger partial charge is 0.157 e. The van der Waals surface area contributed by atoms with Gasteiger partial charge in [-0.15, -0.1) is 0 Å². The fraction of sp³-hybridized carbons (Fsp3) is 0.400. The van der Waals surface area contributed by atoms with Crippen LogP contribution < -0.4 is 16.2 Å². The van der Waals surface area contributed by atoms with Crippen LogP contribution in [0.3, 0.4) is 0 Å². The number of aryl methyl sites for hydroxylation is 1. The molecule has 1 aromatic carbocycles. The molecule has 3 heterocycles. The van der Waals surface area contributed by atoms with Crippen molar-refractivity contribution in [2.24, 2.45) is 0 Å². The first-order valence-corrected chi connectivity index (χ1v) is 9.15. The molecule has 1 saturated heterocycles. The lowest BCUT2D eigenvalue weighted by Gasteiger charge is -2.20. The second-order valence-electron chi connectivity index (χ2n) is 7.36. The van der Waals surface area contributed by atoms with Crippen LogP contribution >= 0.6 is 0 Å². The number of nitriles is 1. The van der Waals surface area contributed by atoms with Crippen LogP contribution in [0.15, 0.2) is 30.3 Å². The third-order valence-electron chi connectivity index (χ3n) is 5.09. The van der Waals surface area contributed by atoms with Crippen molar-refractivity contribution >= 4 is 22.5 Å². The van der Waals surface area contributed by atoms with Gasteiger partial charge in [0.1, 0.15) is 11.9 Å². The number of benzene rings is 1. The zero-order valence-corrected chi connectivity index (χ0v) is 15.4. The number of nitrogens with zero attached hydrogens (tertiary/aromatic N) is 3. The molecular formula is C20H24N6. The van der Waals surface area contributed by atoms with Gasteiger partial charge < -0.3 is 5.32 Å². The third kappa shape index (κ3) is 2.90. The molecular weight excluding hydrogens is 324 g/mol. The molecule has 2 aromatic heterocycles. The van der Waals surface area contributed by atoms with Gasteiger partial charge in [0.15, 0.2) is 5.65 Å². The van der Waals surface area contributed by atoms with Gasteiger partial charge in [0.05, 0.1) is 16.6 Å². The first-order valence-electron chi connectivity index (χ1n) is 9.15. The van der Waals surface area contributed by atoms with Gasteiger partial charge in [-0.2, -0.15) is 5.26 Å². The summed E-state index contributed by atoms with van der Waals surface area (Å²) in [5.74, 6) is 0.983. The Kier molecular flexibility index (Phi) is 4.27. The molecule has 3 atom stereocenters. The van der Waals surface area contributed by atoms with E-state index in [2.05, 4.69) is 46.6 Å². The predicted molar refractivity (Wildman–Crippen MR) is 104 cm³/mol. The monoisotopic (exact) mass is 348 g/mol. The molecule has 0 amide bonds. The second kappa shape index (κ2) is 6.60. The molecule has 4 rings (SSSR count). The maximum atomic E-state index is 9.59. The van der Waals surface area contributed by atoms with Crippen molar-refractivity contribution in [1.82, 2.24) is 20.2 Å². The van der Waals surface area contributed by atoms with Crippen LogP contribution in [-0.2, 0) is 0 Å². The Hall–Kier alpha value is -2.62. The van der Waals surface area contributed by atoms with Gasteiger partial charge in [0, 0.05) is 18.1 Å². The van der Waals surface area contributed by atoms with Crippen molar-refractivity contribution in [2.75, 3.05) is 5.32 Å². The average Bonchev–Trinajstić information content (AvgIpc) is 3.18. The van der Waals surface area contributed by atoms with Gasteiger partial charge in [0.2, 0.25) is 0 Å². The quantitative estimate of drug-likeness (QED) is 0.675. The molecule has 6 nitrogen and oxygen atoms in total. The molecule has 0 spiro atoms. The second-order valence-corrected chi connectivity index (χ2v) is 7.36. The van der Waals surface area contributed by atoms with Crippen molar-refractivity contribution in [3.05, 3.63) is 41.5 Å². The van der Waals surface area contributed by atoms with Crippen LogP contribution in [-0.4, -0.2) is 27.5 Å². The van der Waals surface area contributed by atoms with Gasteiger partial charge in [0.25, 0.3) is 0 Å². The van der Waals surface area contributed by atoms with E-state index in [4.69, 9.17) is 4.98 Å². The molecule has 0 aliphatic carbocycles. The van der Waals surface area contributed by atoms with Crippen LogP contribution in [0.4, 0.5) is 5.82 Å². The Morgan fingerprint density at radius 1 is 1.38 bits per heavy atom. The number of aromatic nitrogens is 2. The lowest BCUT2D eigenvalue weighted by atomic mass is 10.0. The normalized spacial score (nSPS) is 21.2. The number of hydrogen-bond donors (Lipinski definition) is 3. The number of rotatable bonds is 4. The fourth-order valence-electron chi connectivity index (χ4n) is 3.90. The van der Waals surface area contributed by atoms with Gasteiger partial charge >= 0.3 is 0 Å². The fourth-order valence-corrected chi connectivity index (χ4v) is 3.90. The third-order valence-corrected chi connectivity index (χ3v) is 5.09. The molecule has 6 heteroatoms. The molecule has 0 bridgehead atoms. The first kappa shape index (κ1) is 16.8. The molecule has 3 N–H and O–H groups in total. The summed E-state index contributed by atoms with van der Waals surface area (Å²) in [4.78, 5) is 4.71. The maximum absolute atomic E-state index is 9.59. The minimum Gasteiger partial charge on any atom is -0.369 e. The highest BCUT2D eigenvalue weighted by atomic mass is 15.4. The van der Waals surface area contributed by atoms with Crippen molar-refractivity contribution in [3.8, 4) is 6.07 Å². The number of hydrazine groups is 1. The average molecular weight is 348 g/mol. The summed E-state index contributed by atoms with van der Waals surface area (Å²) in [5.41, 5.74) is 10.9. The number of para-hydroxylation sites is 2. The predicted octanol–water partition coefficient (Wildman–Crippen LogP) is 3.11. The summed E-state index contributed by atoms with van der Waals surface area (Å²) >= 11 is 0. The number of fused-ring (bicyclic) bond motifs is 3. The minimum absolute atomic E-state index is 0.288. The molecule has 1 aliphatic rings. The molecule has 0 radical (unpaired) electrons. The summed E-state index contributed by atoms with van der Waals surface area (Å²) in [6.45, 7) is 6.36. The van der Waals surface area contributed by atoms with Gasteiger partial charge in [-0.3, -0.25) is 15.3 Å². The number of nitrogens with one attached hydrogen (secondary N) is 3. The first-order chi connectivity index (χ1) is 12.6. The Bertz CT molecular complexity index is 999. The van der Waals surface area contributed by atoms with E-state index in [1.54, 1.807) is 0 Å². The summed E-state index contributed by atoms with van der Waals surface area (Å²) in [6.07, 6.45) is 2.15. The highest BCUT2D eigenvalue weighted by Crippen LogP contribution is 2.27. The Labute approximate surface area is 153 Å². The number of pyridine rings is 1. The standard InChI is InChI=1S/C20H24N6/c1-12-8-19(22-13(2)9-15-10-14(3)24-25-15)26-18-7-5-4-6-17(18)23-20(26)16(12)11-21/h4-8,13-15,22,24-25H,9-10H2,1-3H3. The molecule has 1 aliphatic heterocycles. The lowest BCUT2D eigenvalue weighted by molar-refractivity contribution is 0.493. The zero-order chi connectivity index (χ0) is 18.3. The zero-order valence-electron chi connectivity index (χ0n) is 15.4. The summed E-state index contributed by atoms with van der Waals surface area (Å²) in [6, 6.07) is 13.6. The van der Waals surface area contributed by atoms with E-state index in [1.807, 2.05) is 31.2 Å². The Balaban J connectivity index is 1.73. The largest absolute Gasteiger partial charge is 0.369 e. The van der Waals surface area contributed by atoms with E-state index in [0.717, 1.165) is 40.9 Å². The number of anilines is 1. The topological polar surface area (TPSA) is 77.2 Å². The molecule has 1 fully saturated rings. The number of imidazole rings is 1. The van der Waals surface area contributed by atoms with Gasteiger partial charge in [-0.05, 0) is 57.4 Å². The highest BCUT2D eigenvalue weighted by molar-refractivity contribution is 5.85. The van der Waals surface area contributed by atoms with E-state index >= 15 is 0 Å². The minimum atomic E-state index is 0.288. The SMILES string of the molecule is Cc1cc(NC(C)CC2CC(C)NN2)n2c(nc3ccccc32)c1C#N. The van der Waals surface area contributed by atoms with E-state index in [9.17, 15) is 5.26 Å². The Morgan fingerprint density at radius 2 is 2.19 bits per heavy atom. The Morgan fingerprint density at radius 3 is 2.92 bits per heavy atom. The molecule has 134 valence electrons.